The Balaban J connectivity index is 2.00. The fourth-order valence-corrected chi connectivity index (χ4v) is 3.05. The van der Waals surface area contributed by atoms with E-state index < -0.39 is 0 Å². The quantitative estimate of drug-likeness (QED) is 0.724. The Morgan fingerprint density at radius 1 is 1.19 bits per heavy atom. The van der Waals surface area contributed by atoms with Gasteiger partial charge in [0.15, 0.2) is 0 Å². The summed E-state index contributed by atoms with van der Waals surface area (Å²) in [5, 5.41) is 16.3. The van der Waals surface area contributed by atoms with Crippen molar-refractivity contribution in [2.45, 2.75) is 13.1 Å². The van der Waals surface area contributed by atoms with Gasteiger partial charge in [0.05, 0.1) is 0 Å². The number of anilines is 1. The summed E-state index contributed by atoms with van der Waals surface area (Å²) in [6.07, 6.45) is 5.81. The fraction of sp³-hybridized carbons (Fsp3) is 0.227. The number of hydrogen-bond donors (Lipinski definition) is 3. The minimum absolute atomic E-state index is 0.108. The van der Waals surface area contributed by atoms with Crippen LogP contribution >= 0.6 is 0 Å². The van der Waals surface area contributed by atoms with Gasteiger partial charge in [-0.3, -0.25) is 0 Å². The molecule has 0 amide bonds. The summed E-state index contributed by atoms with van der Waals surface area (Å²) in [5.41, 5.74) is 5.25. The number of nitrogens with one attached hydrogen (secondary N) is 2. The number of amidine groups is 1. The van der Waals surface area contributed by atoms with Gasteiger partial charge in [0.25, 0.3) is 0 Å². The molecule has 0 saturated heterocycles. The van der Waals surface area contributed by atoms with E-state index >= 15 is 0 Å². The number of fused-ring (bicyclic) bond motifs is 1. The molecule has 0 aromatic heterocycles. The van der Waals surface area contributed by atoms with Gasteiger partial charge in [0.2, 0.25) is 0 Å². The number of benzene rings is 2. The van der Waals surface area contributed by atoms with Crippen molar-refractivity contribution < 1.29 is 5.11 Å². The highest BCUT2D eigenvalue weighted by Gasteiger charge is 2.23. The zero-order valence-corrected chi connectivity index (χ0v) is 16.2. The maximum Gasteiger partial charge on any atom is 0.143 e. The Labute approximate surface area is 160 Å². The van der Waals surface area contributed by atoms with E-state index in [1.165, 1.54) is 0 Å². The number of phenolic OH excluding ortho intramolecular Hbond substituents is 1. The third-order valence-corrected chi connectivity index (χ3v) is 4.46. The minimum atomic E-state index is -0.108. The molecule has 5 nitrogen and oxygen atoms in total. The Bertz CT molecular complexity index is 912. The molecule has 1 atom stereocenters. The molecular weight excluding hydrogens is 336 g/mol. The van der Waals surface area contributed by atoms with Crippen molar-refractivity contribution in [3.05, 3.63) is 72.0 Å². The summed E-state index contributed by atoms with van der Waals surface area (Å²) in [4.78, 5) is 6.95. The van der Waals surface area contributed by atoms with Crippen LogP contribution in [0.4, 0.5) is 5.69 Å². The van der Waals surface area contributed by atoms with Crippen molar-refractivity contribution in [2.75, 3.05) is 26.5 Å². The lowest BCUT2D eigenvalue weighted by Gasteiger charge is -2.29. The molecule has 1 aliphatic heterocycles. The van der Waals surface area contributed by atoms with Gasteiger partial charge in [-0.2, -0.15) is 0 Å². The number of rotatable bonds is 4. The predicted octanol–water partition coefficient (Wildman–Crippen LogP) is 3.80. The molecule has 0 saturated carbocycles. The second-order valence-electron chi connectivity index (χ2n) is 6.76. The first-order valence-electron chi connectivity index (χ1n) is 8.95. The molecule has 1 heterocycles. The molecule has 2 aromatic carbocycles. The third-order valence-electron chi connectivity index (χ3n) is 4.46. The van der Waals surface area contributed by atoms with Crippen molar-refractivity contribution in [3.8, 4) is 16.9 Å². The molecule has 1 unspecified atom stereocenters. The number of aromatic hydroxyl groups is 1. The highest BCUT2D eigenvalue weighted by Crippen LogP contribution is 2.31. The van der Waals surface area contributed by atoms with Gasteiger partial charge >= 0.3 is 0 Å². The first-order chi connectivity index (χ1) is 13.0. The molecule has 0 fully saturated rings. The summed E-state index contributed by atoms with van der Waals surface area (Å²) in [7, 11) is 5.89. The Morgan fingerprint density at radius 2 is 1.96 bits per heavy atom. The molecule has 0 spiro atoms. The molecule has 0 aliphatic carbocycles. The standard InChI is InChI=1S/C22H26N4O/c1-15(7-6-12-23-2)21-24-20-11-10-17(16-8-5-9-18(27)13-16)14-19(20)22(25-21)26(3)4/h5-14,21,23-24,27H,1-4H3/b12-6-,15-7+. The molecule has 3 rings (SSSR count). The van der Waals surface area contributed by atoms with Crippen molar-refractivity contribution in [1.29, 1.82) is 0 Å². The van der Waals surface area contributed by atoms with Crippen molar-refractivity contribution >= 4 is 11.5 Å². The number of hydrogen-bond acceptors (Lipinski definition) is 5. The summed E-state index contributed by atoms with van der Waals surface area (Å²) in [6, 6.07) is 13.6. The molecule has 0 radical (unpaired) electrons. The van der Waals surface area contributed by atoms with Gasteiger partial charge < -0.3 is 20.6 Å². The highest BCUT2D eigenvalue weighted by atomic mass is 16.3. The van der Waals surface area contributed by atoms with Crippen LogP contribution in [0, 0.1) is 0 Å². The summed E-state index contributed by atoms with van der Waals surface area (Å²) in [6.45, 7) is 2.07. The van der Waals surface area contributed by atoms with Crippen LogP contribution in [0.15, 0.2) is 71.4 Å². The van der Waals surface area contributed by atoms with E-state index in [1.54, 1.807) is 12.1 Å². The van der Waals surface area contributed by atoms with Crippen LogP contribution in [0.3, 0.4) is 0 Å². The second-order valence-corrected chi connectivity index (χ2v) is 6.76. The van der Waals surface area contributed by atoms with Gasteiger partial charge in [-0.15, -0.1) is 0 Å². The van der Waals surface area contributed by atoms with Gasteiger partial charge in [-0.05, 0) is 60.2 Å². The first kappa shape index (κ1) is 18.6. The zero-order chi connectivity index (χ0) is 19.4. The molecule has 27 heavy (non-hydrogen) atoms. The normalized spacial score (nSPS) is 16.5. The number of aliphatic imine (C=N–C) groups is 1. The molecule has 1 aliphatic rings. The Hall–Kier alpha value is -3.21. The van der Waals surface area contributed by atoms with Crippen LogP contribution in [-0.4, -0.2) is 43.2 Å². The monoisotopic (exact) mass is 362 g/mol. The fourth-order valence-electron chi connectivity index (χ4n) is 3.05. The largest absolute Gasteiger partial charge is 0.508 e. The predicted molar refractivity (Wildman–Crippen MR) is 113 cm³/mol. The molecule has 2 aromatic rings. The first-order valence-corrected chi connectivity index (χ1v) is 8.95. The summed E-state index contributed by atoms with van der Waals surface area (Å²) in [5.74, 6) is 1.20. The lowest BCUT2D eigenvalue weighted by molar-refractivity contribution is 0.475. The van der Waals surface area contributed by atoms with Crippen LogP contribution < -0.4 is 10.6 Å². The van der Waals surface area contributed by atoms with Crippen LogP contribution in [0.25, 0.3) is 11.1 Å². The summed E-state index contributed by atoms with van der Waals surface area (Å²) < 4.78 is 0. The SMILES string of the molecule is CN/C=C\C=C(/C)C1N=C(N(C)C)c2cc(-c3cccc(O)c3)ccc2N1. The maximum atomic E-state index is 9.78. The third kappa shape index (κ3) is 4.14. The number of allylic oxidation sites excluding steroid dienone is 2. The highest BCUT2D eigenvalue weighted by molar-refractivity contribution is 6.06. The molecule has 5 heteroatoms. The topological polar surface area (TPSA) is 59.9 Å². The van der Waals surface area contributed by atoms with Gasteiger partial charge in [0.1, 0.15) is 17.8 Å². The van der Waals surface area contributed by atoms with Crippen molar-refractivity contribution in [3.63, 3.8) is 0 Å². The van der Waals surface area contributed by atoms with E-state index in [1.807, 2.05) is 50.5 Å². The van der Waals surface area contributed by atoms with Crippen molar-refractivity contribution in [1.82, 2.24) is 10.2 Å². The summed E-state index contributed by atoms with van der Waals surface area (Å²) >= 11 is 0. The zero-order valence-electron chi connectivity index (χ0n) is 16.2. The van der Waals surface area contributed by atoms with E-state index in [9.17, 15) is 5.11 Å². The second kappa shape index (κ2) is 7.99. The lowest BCUT2D eigenvalue weighted by atomic mass is 9.99. The van der Waals surface area contributed by atoms with Crippen LogP contribution in [0.1, 0.15) is 12.5 Å². The molecular formula is C22H26N4O. The lowest BCUT2D eigenvalue weighted by Crippen LogP contribution is -2.33. The average Bonchev–Trinajstić information content (AvgIpc) is 2.66. The maximum absolute atomic E-state index is 9.78. The minimum Gasteiger partial charge on any atom is -0.508 e. The van der Waals surface area contributed by atoms with Gasteiger partial charge in [-0.1, -0.05) is 24.3 Å². The smallest absolute Gasteiger partial charge is 0.143 e. The van der Waals surface area contributed by atoms with Crippen LogP contribution in [0.2, 0.25) is 0 Å². The molecule has 140 valence electrons. The van der Waals surface area contributed by atoms with Crippen molar-refractivity contribution in [2.24, 2.45) is 4.99 Å². The van der Waals surface area contributed by atoms with E-state index in [0.29, 0.717) is 0 Å². The van der Waals surface area contributed by atoms with E-state index in [0.717, 1.165) is 33.8 Å². The van der Waals surface area contributed by atoms with Crippen LogP contribution in [0.5, 0.6) is 5.75 Å². The Morgan fingerprint density at radius 3 is 2.67 bits per heavy atom. The van der Waals surface area contributed by atoms with Crippen LogP contribution in [-0.2, 0) is 0 Å². The number of nitrogens with zero attached hydrogens (tertiary/aromatic N) is 2. The van der Waals surface area contributed by atoms with E-state index in [-0.39, 0.29) is 11.9 Å². The average molecular weight is 362 g/mol. The molecule has 3 N–H and O–H groups in total. The number of phenols is 1. The Kier molecular flexibility index (Phi) is 5.50. The van der Waals surface area contributed by atoms with Gasteiger partial charge in [-0.25, -0.2) is 4.99 Å². The van der Waals surface area contributed by atoms with E-state index in [2.05, 4.69) is 41.8 Å². The van der Waals surface area contributed by atoms with Gasteiger partial charge in [0, 0.05) is 32.4 Å². The van der Waals surface area contributed by atoms with E-state index in [4.69, 9.17) is 4.99 Å². The molecule has 0 bridgehead atoms.